The lowest BCUT2D eigenvalue weighted by molar-refractivity contribution is -0.115. The number of aryl methyl sites for hydroxylation is 1. The summed E-state index contributed by atoms with van der Waals surface area (Å²) >= 11 is 1.47. The molecule has 0 spiro atoms. The van der Waals surface area contributed by atoms with Gasteiger partial charge in [-0.25, -0.2) is 4.98 Å². The first-order valence-electron chi connectivity index (χ1n) is 5.85. The summed E-state index contributed by atoms with van der Waals surface area (Å²) in [5, 5.41) is 11.3. The number of fused-ring (bicyclic) bond motifs is 1. The van der Waals surface area contributed by atoms with Gasteiger partial charge in [0.15, 0.2) is 5.13 Å². The van der Waals surface area contributed by atoms with Crippen molar-refractivity contribution in [2.75, 3.05) is 5.32 Å². The molecule has 2 aromatic heterocycles. The van der Waals surface area contributed by atoms with Crippen LogP contribution in [0, 0.1) is 6.92 Å². The number of aromatic amines is 1. The molecule has 1 amide bonds. The van der Waals surface area contributed by atoms with Gasteiger partial charge in [0.25, 0.3) is 0 Å². The number of nitrogens with zero attached hydrogens (tertiary/aromatic N) is 2. The predicted octanol–water partition coefficient (Wildman–Crippen LogP) is 2.51. The summed E-state index contributed by atoms with van der Waals surface area (Å²) in [5.74, 6) is -0.0618. The minimum Gasteiger partial charge on any atom is -0.302 e. The molecule has 0 bridgehead atoms. The molecular weight excluding hydrogens is 260 g/mol. The van der Waals surface area contributed by atoms with Crippen LogP contribution in [0.2, 0.25) is 0 Å². The zero-order valence-corrected chi connectivity index (χ0v) is 11.1. The van der Waals surface area contributed by atoms with Gasteiger partial charge in [0.05, 0.1) is 18.1 Å². The highest BCUT2D eigenvalue weighted by molar-refractivity contribution is 7.15. The monoisotopic (exact) mass is 272 g/mol. The lowest BCUT2D eigenvalue weighted by atomic mass is 10.1. The van der Waals surface area contributed by atoms with Crippen molar-refractivity contribution >= 4 is 33.3 Å². The molecule has 0 aliphatic carbocycles. The SMILES string of the molecule is Cc1cnc(NC(=O)Cc2ccc3cn[nH]c3c2)s1. The third-order valence-corrected chi connectivity index (χ3v) is 3.57. The summed E-state index contributed by atoms with van der Waals surface area (Å²) in [6.45, 7) is 1.96. The molecule has 3 aromatic rings. The molecule has 0 fully saturated rings. The van der Waals surface area contributed by atoms with Gasteiger partial charge in [-0.3, -0.25) is 9.89 Å². The van der Waals surface area contributed by atoms with Crippen LogP contribution in [0.4, 0.5) is 5.13 Å². The fraction of sp³-hybridized carbons (Fsp3) is 0.154. The Labute approximate surface area is 113 Å². The van der Waals surface area contributed by atoms with Gasteiger partial charge in [0.1, 0.15) is 0 Å². The number of thiazole rings is 1. The summed E-state index contributed by atoms with van der Waals surface area (Å²) in [6, 6.07) is 5.83. The quantitative estimate of drug-likeness (QED) is 0.769. The Balaban J connectivity index is 1.71. The van der Waals surface area contributed by atoms with Crippen LogP contribution in [0.1, 0.15) is 10.4 Å². The van der Waals surface area contributed by atoms with Crippen LogP contribution in [0.3, 0.4) is 0 Å². The van der Waals surface area contributed by atoms with Crippen LogP contribution < -0.4 is 5.32 Å². The fourth-order valence-corrected chi connectivity index (χ4v) is 2.54. The third kappa shape index (κ3) is 2.63. The predicted molar refractivity (Wildman–Crippen MR) is 75.3 cm³/mol. The van der Waals surface area contributed by atoms with Crippen LogP contribution in [-0.4, -0.2) is 21.1 Å². The Morgan fingerprint density at radius 1 is 1.42 bits per heavy atom. The molecule has 6 heteroatoms. The lowest BCUT2D eigenvalue weighted by Gasteiger charge is -2.02. The van der Waals surface area contributed by atoms with Crippen LogP contribution in [0.15, 0.2) is 30.6 Å². The van der Waals surface area contributed by atoms with Crippen molar-refractivity contribution in [3.05, 3.63) is 41.0 Å². The van der Waals surface area contributed by atoms with E-state index in [0.717, 1.165) is 21.3 Å². The summed E-state index contributed by atoms with van der Waals surface area (Å²) < 4.78 is 0. The number of aromatic nitrogens is 3. The van der Waals surface area contributed by atoms with Crippen LogP contribution >= 0.6 is 11.3 Å². The number of rotatable bonds is 3. The zero-order valence-electron chi connectivity index (χ0n) is 10.3. The Bertz CT molecular complexity index is 731. The van der Waals surface area contributed by atoms with Crippen molar-refractivity contribution in [2.45, 2.75) is 13.3 Å². The molecule has 19 heavy (non-hydrogen) atoms. The van der Waals surface area contributed by atoms with Crippen LogP contribution in [-0.2, 0) is 11.2 Å². The Morgan fingerprint density at radius 3 is 3.11 bits per heavy atom. The highest BCUT2D eigenvalue weighted by Crippen LogP contribution is 2.17. The Hall–Kier alpha value is -2.21. The normalized spacial score (nSPS) is 10.8. The van der Waals surface area contributed by atoms with Crippen molar-refractivity contribution in [3.8, 4) is 0 Å². The number of hydrogen-bond acceptors (Lipinski definition) is 4. The molecule has 3 rings (SSSR count). The molecule has 0 saturated carbocycles. The van der Waals surface area contributed by atoms with Crippen molar-refractivity contribution in [2.24, 2.45) is 0 Å². The molecular formula is C13H12N4OS. The molecule has 0 aliphatic heterocycles. The maximum atomic E-state index is 11.9. The van der Waals surface area contributed by atoms with Gasteiger partial charge in [0.2, 0.25) is 5.91 Å². The van der Waals surface area contributed by atoms with Crippen LogP contribution in [0.25, 0.3) is 10.9 Å². The van der Waals surface area contributed by atoms with Gasteiger partial charge in [-0.2, -0.15) is 5.10 Å². The first-order chi connectivity index (χ1) is 9.20. The number of H-pyrrole nitrogens is 1. The minimum absolute atomic E-state index is 0.0618. The average molecular weight is 272 g/mol. The average Bonchev–Trinajstić information content (AvgIpc) is 2.97. The van der Waals surface area contributed by atoms with Gasteiger partial charge >= 0.3 is 0 Å². The molecule has 0 radical (unpaired) electrons. The first-order valence-corrected chi connectivity index (χ1v) is 6.66. The fourth-order valence-electron chi connectivity index (χ4n) is 1.86. The molecule has 0 atom stereocenters. The van der Waals surface area contributed by atoms with Crippen molar-refractivity contribution in [3.63, 3.8) is 0 Å². The van der Waals surface area contributed by atoms with Gasteiger partial charge < -0.3 is 5.32 Å². The van der Waals surface area contributed by atoms with Gasteiger partial charge in [-0.15, -0.1) is 11.3 Å². The maximum Gasteiger partial charge on any atom is 0.230 e. The van der Waals surface area contributed by atoms with Gasteiger partial charge in [-0.1, -0.05) is 12.1 Å². The molecule has 0 unspecified atom stereocenters. The maximum absolute atomic E-state index is 11.9. The second kappa shape index (κ2) is 4.81. The minimum atomic E-state index is -0.0618. The molecule has 0 aliphatic rings. The van der Waals surface area contributed by atoms with E-state index in [1.54, 1.807) is 12.4 Å². The second-order valence-electron chi connectivity index (χ2n) is 4.29. The number of carbonyl (C=O) groups is 1. The summed E-state index contributed by atoms with van der Waals surface area (Å²) in [6.07, 6.45) is 3.84. The Kier molecular flexibility index (Phi) is 3.00. The lowest BCUT2D eigenvalue weighted by Crippen LogP contribution is -2.14. The smallest absolute Gasteiger partial charge is 0.230 e. The number of nitrogens with one attached hydrogen (secondary N) is 2. The van der Waals surface area contributed by atoms with E-state index in [4.69, 9.17) is 0 Å². The largest absolute Gasteiger partial charge is 0.302 e. The molecule has 2 heterocycles. The number of carbonyl (C=O) groups excluding carboxylic acids is 1. The van der Waals surface area contributed by atoms with E-state index in [9.17, 15) is 4.79 Å². The van der Waals surface area contributed by atoms with E-state index in [2.05, 4.69) is 20.5 Å². The number of amides is 1. The summed E-state index contributed by atoms with van der Waals surface area (Å²) in [4.78, 5) is 17.1. The van der Waals surface area contributed by atoms with E-state index in [-0.39, 0.29) is 5.91 Å². The Morgan fingerprint density at radius 2 is 2.32 bits per heavy atom. The third-order valence-electron chi connectivity index (χ3n) is 2.74. The van der Waals surface area contributed by atoms with Crippen LogP contribution in [0.5, 0.6) is 0 Å². The first kappa shape index (κ1) is 11.9. The zero-order chi connectivity index (χ0) is 13.2. The van der Waals surface area contributed by atoms with Crippen molar-refractivity contribution in [1.82, 2.24) is 15.2 Å². The number of benzene rings is 1. The molecule has 2 N–H and O–H groups in total. The number of anilines is 1. The molecule has 5 nitrogen and oxygen atoms in total. The van der Waals surface area contributed by atoms with E-state index in [1.807, 2.05) is 25.1 Å². The van der Waals surface area contributed by atoms with Gasteiger partial charge in [-0.05, 0) is 18.6 Å². The van der Waals surface area contributed by atoms with E-state index in [0.29, 0.717) is 11.6 Å². The summed E-state index contributed by atoms with van der Waals surface area (Å²) in [7, 11) is 0. The van der Waals surface area contributed by atoms with E-state index >= 15 is 0 Å². The molecule has 96 valence electrons. The number of hydrogen-bond donors (Lipinski definition) is 2. The topological polar surface area (TPSA) is 70.7 Å². The van der Waals surface area contributed by atoms with Crippen molar-refractivity contribution in [1.29, 1.82) is 0 Å². The van der Waals surface area contributed by atoms with Gasteiger partial charge in [0, 0.05) is 16.5 Å². The molecule has 0 saturated heterocycles. The molecule has 1 aromatic carbocycles. The highest BCUT2D eigenvalue weighted by atomic mass is 32.1. The standard InChI is InChI=1S/C13H12N4OS/c1-8-6-14-13(19-8)16-12(18)5-9-2-3-10-7-15-17-11(10)4-9/h2-4,6-7H,5H2,1H3,(H,15,17)(H,14,16,18). The van der Waals surface area contributed by atoms with E-state index < -0.39 is 0 Å². The van der Waals surface area contributed by atoms with E-state index in [1.165, 1.54) is 11.3 Å². The van der Waals surface area contributed by atoms with Crippen molar-refractivity contribution < 1.29 is 4.79 Å². The summed E-state index contributed by atoms with van der Waals surface area (Å²) in [5.41, 5.74) is 1.89. The second-order valence-corrected chi connectivity index (χ2v) is 5.53. The highest BCUT2D eigenvalue weighted by Gasteiger charge is 2.07.